The molecule has 5 heteroatoms. The third-order valence-corrected chi connectivity index (χ3v) is 4.73. The molecule has 0 bridgehead atoms. The number of hydrogen-bond acceptors (Lipinski definition) is 4. The van der Waals surface area contributed by atoms with Gasteiger partial charge >= 0.3 is 0 Å². The van der Waals surface area contributed by atoms with Gasteiger partial charge < -0.3 is 11.5 Å². The van der Waals surface area contributed by atoms with Gasteiger partial charge in [-0.05, 0) is 32.7 Å². The molecular weight excluding hydrogens is 228 g/mol. The van der Waals surface area contributed by atoms with Crippen LogP contribution in [0.15, 0.2) is 0 Å². The average molecular weight is 254 g/mol. The zero-order valence-corrected chi connectivity index (χ0v) is 11.6. The molecule has 1 heterocycles. The molecule has 0 aromatic heterocycles. The van der Waals surface area contributed by atoms with Crippen LogP contribution < -0.4 is 11.5 Å². The normalized spacial score (nSPS) is 39.1. The van der Waals surface area contributed by atoms with Crippen LogP contribution in [0.4, 0.5) is 0 Å². The molecule has 0 spiro atoms. The number of hydrogen-bond donors (Lipinski definition) is 2. The van der Waals surface area contributed by atoms with Crippen molar-refractivity contribution in [1.82, 2.24) is 9.80 Å². The highest BCUT2D eigenvalue weighted by Crippen LogP contribution is 2.32. The third-order valence-electron chi connectivity index (χ3n) is 4.73. The van der Waals surface area contributed by atoms with Crippen molar-refractivity contribution in [3.63, 3.8) is 0 Å². The molecule has 0 radical (unpaired) electrons. The quantitative estimate of drug-likeness (QED) is 0.728. The Morgan fingerprint density at radius 2 is 2.17 bits per heavy atom. The zero-order chi connectivity index (χ0) is 13.3. The van der Waals surface area contributed by atoms with Crippen LogP contribution in [0.25, 0.3) is 0 Å². The molecule has 4 N–H and O–H groups in total. The molecule has 3 unspecified atom stereocenters. The van der Waals surface area contributed by atoms with Crippen molar-refractivity contribution in [1.29, 1.82) is 0 Å². The smallest absolute Gasteiger partial charge is 0.237 e. The van der Waals surface area contributed by atoms with Gasteiger partial charge in [-0.15, -0.1) is 0 Å². The second kappa shape index (κ2) is 5.15. The number of nitrogens with zero attached hydrogens (tertiary/aromatic N) is 2. The van der Waals surface area contributed by atoms with Crippen LogP contribution in [0.3, 0.4) is 0 Å². The van der Waals surface area contributed by atoms with Crippen LogP contribution in [0.1, 0.15) is 33.1 Å². The Bertz CT molecular complexity index is 322. The summed E-state index contributed by atoms with van der Waals surface area (Å²) in [5.74, 6) is -0.342. The zero-order valence-electron chi connectivity index (χ0n) is 11.6. The van der Waals surface area contributed by atoms with E-state index in [-0.39, 0.29) is 5.91 Å². The van der Waals surface area contributed by atoms with Crippen LogP contribution in [0, 0.1) is 0 Å². The number of carbonyl (C=O) groups is 1. The van der Waals surface area contributed by atoms with Gasteiger partial charge in [0.2, 0.25) is 5.91 Å². The van der Waals surface area contributed by atoms with Gasteiger partial charge in [0.15, 0.2) is 0 Å². The number of carbonyl (C=O) groups excluding carboxylic acids is 1. The van der Waals surface area contributed by atoms with Crippen molar-refractivity contribution in [2.75, 3.05) is 26.2 Å². The lowest BCUT2D eigenvalue weighted by Crippen LogP contribution is -2.56. The van der Waals surface area contributed by atoms with E-state index in [4.69, 9.17) is 11.5 Å². The van der Waals surface area contributed by atoms with Crippen LogP contribution in [-0.4, -0.2) is 59.5 Å². The maximum absolute atomic E-state index is 11.4. The lowest BCUT2D eigenvalue weighted by molar-refractivity contribution is -0.123. The van der Waals surface area contributed by atoms with Crippen molar-refractivity contribution >= 4 is 5.91 Å². The molecule has 2 aliphatic rings. The van der Waals surface area contributed by atoms with Crippen molar-refractivity contribution < 1.29 is 4.79 Å². The van der Waals surface area contributed by atoms with Gasteiger partial charge in [-0.2, -0.15) is 0 Å². The first-order chi connectivity index (χ1) is 8.46. The number of amides is 1. The minimum Gasteiger partial charge on any atom is -0.368 e. The van der Waals surface area contributed by atoms with E-state index in [9.17, 15) is 4.79 Å². The largest absolute Gasteiger partial charge is 0.368 e. The molecule has 1 saturated heterocycles. The lowest BCUT2D eigenvalue weighted by atomic mass is 9.98. The number of primary amides is 1. The van der Waals surface area contributed by atoms with E-state index < -0.39 is 5.54 Å². The highest BCUT2D eigenvalue weighted by atomic mass is 16.1. The van der Waals surface area contributed by atoms with Crippen LogP contribution in [0.2, 0.25) is 0 Å². The van der Waals surface area contributed by atoms with E-state index >= 15 is 0 Å². The number of likely N-dealkylation sites (N-methyl/N-ethyl adjacent to an activating group) is 1. The molecule has 0 aromatic rings. The molecule has 2 fully saturated rings. The van der Waals surface area contributed by atoms with Gasteiger partial charge in [0, 0.05) is 31.7 Å². The minimum absolute atomic E-state index is 0.342. The van der Waals surface area contributed by atoms with E-state index in [0.29, 0.717) is 12.1 Å². The van der Waals surface area contributed by atoms with Gasteiger partial charge in [-0.1, -0.05) is 6.92 Å². The first kappa shape index (κ1) is 13.8. The second-order valence-electron chi connectivity index (χ2n) is 5.89. The van der Waals surface area contributed by atoms with Crippen LogP contribution in [0.5, 0.6) is 0 Å². The van der Waals surface area contributed by atoms with Gasteiger partial charge in [-0.25, -0.2) is 0 Å². The molecule has 3 atom stereocenters. The Morgan fingerprint density at radius 1 is 1.44 bits per heavy atom. The summed E-state index contributed by atoms with van der Waals surface area (Å²) in [5.41, 5.74) is 10.7. The predicted molar refractivity (Wildman–Crippen MR) is 72.0 cm³/mol. The first-order valence-corrected chi connectivity index (χ1v) is 7.03. The fourth-order valence-corrected chi connectivity index (χ4v) is 3.41. The summed E-state index contributed by atoms with van der Waals surface area (Å²) < 4.78 is 0. The van der Waals surface area contributed by atoms with Crippen molar-refractivity contribution in [2.24, 2.45) is 11.5 Å². The Kier molecular flexibility index (Phi) is 3.94. The summed E-state index contributed by atoms with van der Waals surface area (Å²) in [6, 6.07) is 1.02. The van der Waals surface area contributed by atoms with Gasteiger partial charge in [-0.3, -0.25) is 14.6 Å². The Hall–Kier alpha value is -0.650. The predicted octanol–water partition coefficient (Wildman–Crippen LogP) is -0.252. The maximum Gasteiger partial charge on any atom is 0.237 e. The van der Waals surface area contributed by atoms with Crippen molar-refractivity contribution in [2.45, 2.75) is 50.7 Å². The molecule has 1 amide bonds. The Labute approximate surface area is 109 Å². The minimum atomic E-state index is -0.768. The highest BCUT2D eigenvalue weighted by Gasteiger charge is 2.43. The third kappa shape index (κ3) is 2.53. The van der Waals surface area contributed by atoms with E-state index in [2.05, 4.69) is 23.6 Å². The summed E-state index contributed by atoms with van der Waals surface area (Å²) in [4.78, 5) is 16.4. The van der Waals surface area contributed by atoms with Crippen molar-refractivity contribution in [3.8, 4) is 0 Å². The van der Waals surface area contributed by atoms with Crippen LogP contribution in [-0.2, 0) is 4.79 Å². The van der Waals surface area contributed by atoms with Crippen LogP contribution >= 0.6 is 0 Å². The molecule has 104 valence electrons. The Morgan fingerprint density at radius 3 is 2.67 bits per heavy atom. The summed E-state index contributed by atoms with van der Waals surface area (Å²) in [5, 5.41) is 0. The van der Waals surface area contributed by atoms with E-state index in [1.54, 1.807) is 0 Å². The second-order valence-corrected chi connectivity index (χ2v) is 5.89. The van der Waals surface area contributed by atoms with E-state index in [1.165, 1.54) is 0 Å². The fraction of sp³-hybridized carbons (Fsp3) is 0.923. The summed E-state index contributed by atoms with van der Waals surface area (Å²) in [7, 11) is 0. The fourth-order valence-electron chi connectivity index (χ4n) is 3.41. The van der Waals surface area contributed by atoms with E-state index in [1.807, 2.05) is 0 Å². The SMILES string of the molecule is CCN1CCN(C2CCC(N)(C(N)=O)C2)CC1C. The summed E-state index contributed by atoms with van der Waals surface area (Å²) >= 11 is 0. The first-order valence-electron chi connectivity index (χ1n) is 7.03. The molecular formula is C13H26N4O. The van der Waals surface area contributed by atoms with Gasteiger partial charge in [0.05, 0.1) is 5.54 Å². The average Bonchev–Trinajstić information content (AvgIpc) is 2.73. The van der Waals surface area contributed by atoms with E-state index in [0.717, 1.165) is 45.4 Å². The molecule has 1 aliphatic heterocycles. The highest BCUT2D eigenvalue weighted by molar-refractivity contribution is 5.84. The summed E-state index contributed by atoms with van der Waals surface area (Å²) in [6.07, 6.45) is 2.45. The van der Waals surface area contributed by atoms with Crippen molar-refractivity contribution in [3.05, 3.63) is 0 Å². The molecule has 2 rings (SSSR count). The summed E-state index contributed by atoms with van der Waals surface area (Å²) in [6.45, 7) is 8.86. The maximum atomic E-state index is 11.4. The molecule has 18 heavy (non-hydrogen) atoms. The molecule has 0 aromatic carbocycles. The lowest BCUT2D eigenvalue weighted by Gasteiger charge is -2.42. The number of piperazine rings is 1. The molecule has 5 nitrogen and oxygen atoms in total. The number of nitrogens with two attached hydrogens (primary N) is 2. The van der Waals surface area contributed by atoms with Gasteiger partial charge in [0.25, 0.3) is 0 Å². The Balaban J connectivity index is 1.93. The number of rotatable bonds is 3. The molecule has 1 aliphatic carbocycles. The standard InChI is InChI=1S/C13H26N4O/c1-3-16-6-7-17(9-10(16)2)11-4-5-13(15,8-11)12(14)18/h10-11H,3-9,15H2,1-2H3,(H2,14,18). The van der Waals surface area contributed by atoms with Gasteiger partial charge in [0.1, 0.15) is 0 Å². The molecule has 1 saturated carbocycles. The monoisotopic (exact) mass is 254 g/mol. The topological polar surface area (TPSA) is 75.6 Å².